The minimum Gasteiger partial charge on any atom is -0.397 e. The second-order valence-electron chi connectivity index (χ2n) is 8.07. The summed E-state index contributed by atoms with van der Waals surface area (Å²) in [6.45, 7) is 3.71. The van der Waals surface area contributed by atoms with Crippen molar-refractivity contribution in [2.24, 2.45) is 5.84 Å². The van der Waals surface area contributed by atoms with Crippen LogP contribution in [0.3, 0.4) is 0 Å². The van der Waals surface area contributed by atoms with Crippen LogP contribution in [0, 0.1) is 11.6 Å². The highest BCUT2D eigenvalue weighted by atomic mass is 19.1. The molecular weight excluding hydrogens is 442 g/mol. The highest BCUT2D eigenvalue weighted by Crippen LogP contribution is 2.26. The summed E-state index contributed by atoms with van der Waals surface area (Å²) in [5, 5.41) is 5.81. The molecule has 2 heterocycles. The molecule has 0 aliphatic carbocycles. The predicted octanol–water partition coefficient (Wildman–Crippen LogP) is 2.89. The molecule has 9 nitrogen and oxygen atoms in total. The number of carbonyl (C=O) groups excluding carboxylic acids is 1. The van der Waals surface area contributed by atoms with Crippen molar-refractivity contribution in [3.05, 3.63) is 71.1 Å². The number of rotatable bonds is 8. The van der Waals surface area contributed by atoms with Gasteiger partial charge in [-0.2, -0.15) is 0 Å². The number of carbonyl (C=O) groups is 1. The molecule has 0 radical (unpaired) electrons. The average Bonchev–Trinajstić information content (AvgIpc) is 3.22. The molecule has 1 amide bonds. The number of amides is 1. The fourth-order valence-corrected chi connectivity index (χ4v) is 3.92. The molecule has 0 saturated heterocycles. The molecule has 1 aliphatic rings. The number of nitrogens with one attached hydrogen (secondary N) is 3. The zero-order valence-corrected chi connectivity index (χ0v) is 18.6. The third-order valence-corrected chi connectivity index (χ3v) is 5.76. The minimum absolute atomic E-state index is 0.0766. The van der Waals surface area contributed by atoms with E-state index in [-0.39, 0.29) is 23.6 Å². The Morgan fingerprint density at radius 1 is 1.18 bits per heavy atom. The Labute approximate surface area is 195 Å². The van der Waals surface area contributed by atoms with Crippen molar-refractivity contribution in [1.29, 1.82) is 0 Å². The number of benzene rings is 2. The third-order valence-electron chi connectivity index (χ3n) is 5.76. The van der Waals surface area contributed by atoms with Gasteiger partial charge in [-0.15, -0.1) is 0 Å². The topological polar surface area (TPSA) is 134 Å². The summed E-state index contributed by atoms with van der Waals surface area (Å²) in [6.07, 6.45) is 2.52. The zero-order valence-electron chi connectivity index (χ0n) is 18.6. The van der Waals surface area contributed by atoms with Crippen molar-refractivity contribution >= 4 is 28.9 Å². The number of anilines is 4. The van der Waals surface area contributed by atoms with E-state index < -0.39 is 11.6 Å². The quantitative estimate of drug-likeness (QED) is 0.194. The van der Waals surface area contributed by atoms with E-state index in [1.165, 1.54) is 12.1 Å². The average molecular weight is 469 g/mol. The summed E-state index contributed by atoms with van der Waals surface area (Å²) in [5.41, 5.74) is 11.7. The fourth-order valence-electron chi connectivity index (χ4n) is 3.92. The van der Waals surface area contributed by atoms with Gasteiger partial charge in [0.2, 0.25) is 5.95 Å². The van der Waals surface area contributed by atoms with Crippen LogP contribution in [0.2, 0.25) is 0 Å². The van der Waals surface area contributed by atoms with Crippen molar-refractivity contribution < 1.29 is 13.6 Å². The number of hydrazine groups is 1. The molecule has 1 unspecified atom stereocenters. The number of nitrogens with zero attached hydrogens (tertiary/aromatic N) is 3. The van der Waals surface area contributed by atoms with Crippen LogP contribution >= 0.6 is 0 Å². The fraction of sp³-hybridized carbons (Fsp3) is 0.261. The van der Waals surface area contributed by atoms with E-state index >= 15 is 0 Å². The number of fused-ring (bicyclic) bond motifs is 1. The molecule has 11 heteroatoms. The van der Waals surface area contributed by atoms with E-state index in [2.05, 4.69) is 37.9 Å². The highest BCUT2D eigenvalue weighted by Gasteiger charge is 2.27. The Morgan fingerprint density at radius 2 is 1.94 bits per heavy atom. The summed E-state index contributed by atoms with van der Waals surface area (Å²) in [5.74, 6) is 4.11. The number of nitrogens with two attached hydrogens (primary N) is 2. The first-order valence-electron chi connectivity index (χ1n) is 10.8. The molecule has 4 rings (SSSR count). The van der Waals surface area contributed by atoms with E-state index in [1.807, 2.05) is 0 Å². The van der Waals surface area contributed by atoms with E-state index in [0.717, 1.165) is 23.7 Å². The van der Waals surface area contributed by atoms with E-state index in [4.69, 9.17) is 11.6 Å². The van der Waals surface area contributed by atoms with Crippen molar-refractivity contribution in [3.63, 3.8) is 0 Å². The van der Waals surface area contributed by atoms with Gasteiger partial charge in [0.05, 0.1) is 17.1 Å². The summed E-state index contributed by atoms with van der Waals surface area (Å²) in [7, 11) is 0. The molecule has 1 aromatic heterocycles. The number of aromatic nitrogens is 2. The Morgan fingerprint density at radius 3 is 2.65 bits per heavy atom. The number of nitrogen functional groups attached to an aromatic ring is 2. The Balaban J connectivity index is 1.38. The lowest BCUT2D eigenvalue weighted by Gasteiger charge is -2.26. The lowest BCUT2D eigenvalue weighted by Crippen LogP contribution is -2.41. The molecule has 0 bridgehead atoms. The van der Waals surface area contributed by atoms with Crippen LogP contribution in [0.5, 0.6) is 0 Å². The van der Waals surface area contributed by atoms with Crippen LogP contribution < -0.4 is 27.6 Å². The van der Waals surface area contributed by atoms with Crippen LogP contribution in [0.4, 0.5) is 31.8 Å². The number of hydrogen-bond acceptors (Lipinski definition) is 8. The van der Waals surface area contributed by atoms with Gasteiger partial charge in [0, 0.05) is 54.8 Å². The lowest BCUT2D eigenvalue weighted by atomic mass is 10.1. The van der Waals surface area contributed by atoms with E-state index in [1.54, 1.807) is 24.4 Å². The molecular formula is C23H26F2N8O. The van der Waals surface area contributed by atoms with Gasteiger partial charge < -0.3 is 21.8 Å². The molecule has 1 atom stereocenters. The van der Waals surface area contributed by atoms with Crippen LogP contribution in [0.25, 0.3) is 0 Å². The molecule has 0 fully saturated rings. The summed E-state index contributed by atoms with van der Waals surface area (Å²) < 4.78 is 26.9. The van der Waals surface area contributed by atoms with Gasteiger partial charge in [-0.3, -0.25) is 15.5 Å². The molecule has 2 aromatic carbocycles. The molecule has 0 spiro atoms. The number of hydrogen-bond donors (Lipinski definition) is 5. The molecule has 34 heavy (non-hydrogen) atoms. The van der Waals surface area contributed by atoms with Crippen LogP contribution in [0.15, 0.2) is 42.6 Å². The third kappa shape index (κ3) is 5.21. The standard InChI is InChI=1S/C23H26F2N8O/c1-2-18(10-28-22(34)13-3-4-19(26)20(5-13)32-27)33-11-14-9-29-23(31-21(14)12-33)30-17-7-15(24)6-16(25)8-17/h3-9,18,32H,2,10-12,26-27H2,1H3,(H,28,34)(H,29,30,31). The van der Waals surface area contributed by atoms with Gasteiger partial charge in [0.1, 0.15) is 11.6 Å². The van der Waals surface area contributed by atoms with Gasteiger partial charge in [-0.05, 0) is 36.8 Å². The maximum atomic E-state index is 13.5. The van der Waals surface area contributed by atoms with Crippen molar-refractivity contribution in [2.75, 3.05) is 23.0 Å². The maximum Gasteiger partial charge on any atom is 0.251 e. The lowest BCUT2D eigenvalue weighted by molar-refractivity contribution is 0.0930. The second kappa shape index (κ2) is 9.98. The van der Waals surface area contributed by atoms with E-state index in [0.29, 0.717) is 36.6 Å². The monoisotopic (exact) mass is 468 g/mol. The van der Waals surface area contributed by atoms with Crippen molar-refractivity contribution in [2.45, 2.75) is 32.5 Å². The summed E-state index contributed by atoms with van der Waals surface area (Å²) in [4.78, 5) is 23.6. The first-order valence-corrected chi connectivity index (χ1v) is 10.8. The SMILES string of the molecule is CCC(CNC(=O)c1ccc(N)c(NN)c1)N1Cc2cnc(Nc3cc(F)cc(F)c3)nc2C1. The normalized spacial score (nSPS) is 13.9. The van der Waals surface area contributed by atoms with Crippen molar-refractivity contribution in [3.8, 4) is 0 Å². The van der Waals surface area contributed by atoms with Crippen LogP contribution in [0.1, 0.15) is 35.0 Å². The first kappa shape index (κ1) is 23.3. The van der Waals surface area contributed by atoms with Crippen LogP contribution in [-0.2, 0) is 13.1 Å². The molecule has 3 aromatic rings. The maximum absolute atomic E-state index is 13.5. The highest BCUT2D eigenvalue weighted by molar-refractivity contribution is 5.96. The summed E-state index contributed by atoms with van der Waals surface area (Å²) in [6, 6.07) is 8.11. The van der Waals surface area contributed by atoms with Crippen LogP contribution in [-0.4, -0.2) is 33.4 Å². The van der Waals surface area contributed by atoms with Gasteiger partial charge >= 0.3 is 0 Å². The van der Waals surface area contributed by atoms with Gasteiger partial charge in [-0.1, -0.05) is 6.92 Å². The minimum atomic E-state index is -0.683. The molecule has 0 saturated carbocycles. The Bertz CT molecular complexity index is 1190. The van der Waals surface area contributed by atoms with E-state index in [9.17, 15) is 13.6 Å². The van der Waals surface area contributed by atoms with Gasteiger partial charge in [0.15, 0.2) is 0 Å². The molecule has 7 N–H and O–H groups in total. The molecule has 1 aliphatic heterocycles. The second-order valence-corrected chi connectivity index (χ2v) is 8.07. The Kier molecular flexibility index (Phi) is 6.85. The summed E-state index contributed by atoms with van der Waals surface area (Å²) >= 11 is 0. The van der Waals surface area contributed by atoms with Crippen molar-refractivity contribution in [1.82, 2.24) is 20.2 Å². The van der Waals surface area contributed by atoms with Gasteiger partial charge in [-0.25, -0.2) is 18.7 Å². The largest absolute Gasteiger partial charge is 0.397 e. The zero-order chi connectivity index (χ0) is 24.2. The molecule has 178 valence electrons. The number of halogens is 2. The van der Waals surface area contributed by atoms with Gasteiger partial charge in [0.25, 0.3) is 5.91 Å². The first-order chi connectivity index (χ1) is 16.4. The predicted molar refractivity (Wildman–Crippen MR) is 126 cm³/mol. The Hall–Kier alpha value is -3.83. The smallest absolute Gasteiger partial charge is 0.251 e.